The van der Waals surface area contributed by atoms with E-state index in [1.54, 1.807) is 13.8 Å². The second-order valence-electron chi connectivity index (χ2n) is 7.51. The van der Waals surface area contributed by atoms with Crippen LogP contribution < -0.4 is 4.74 Å². The molecule has 2 aromatic carbocycles. The summed E-state index contributed by atoms with van der Waals surface area (Å²) >= 11 is 0. The van der Waals surface area contributed by atoms with E-state index in [0.717, 1.165) is 28.4 Å². The number of nitrogens with zero attached hydrogens (tertiary/aromatic N) is 3. The summed E-state index contributed by atoms with van der Waals surface area (Å²) in [4.78, 5) is 16.6. The highest BCUT2D eigenvalue weighted by atomic mass is 16.6. The van der Waals surface area contributed by atoms with E-state index < -0.39 is 11.9 Å². The Morgan fingerprint density at radius 1 is 1.16 bits per heavy atom. The summed E-state index contributed by atoms with van der Waals surface area (Å²) in [6, 6.07) is 19.6. The second-order valence-corrected chi connectivity index (χ2v) is 7.51. The van der Waals surface area contributed by atoms with Crippen molar-refractivity contribution in [3.05, 3.63) is 77.6 Å². The van der Waals surface area contributed by atoms with Crippen molar-refractivity contribution in [2.45, 2.75) is 33.6 Å². The Kier molecular flexibility index (Phi) is 8.02. The number of para-hydroxylation sites is 1. The number of hydrogen-bond acceptors (Lipinski definition) is 5. The van der Waals surface area contributed by atoms with Gasteiger partial charge in [-0.2, -0.15) is 5.10 Å². The maximum absolute atomic E-state index is 11.6. The smallest absolute Gasteiger partial charge is 0.312 e. The summed E-state index contributed by atoms with van der Waals surface area (Å²) in [6.45, 7) is 6.42. The van der Waals surface area contributed by atoms with Gasteiger partial charge in [0.1, 0.15) is 18.3 Å². The molecule has 168 valence electrons. The molecule has 1 aromatic heterocycles. The zero-order valence-corrected chi connectivity index (χ0v) is 18.7. The van der Waals surface area contributed by atoms with Crippen LogP contribution in [-0.2, 0) is 22.5 Å². The van der Waals surface area contributed by atoms with Crippen LogP contribution in [0.4, 0.5) is 0 Å². The number of carbonyl (C=O) groups is 1. The number of ether oxygens (including phenoxy) is 1. The first-order chi connectivity index (χ1) is 15.5. The predicted octanol–water partition coefficient (Wildman–Crippen LogP) is 4.46. The van der Waals surface area contributed by atoms with Crippen molar-refractivity contribution in [3.63, 3.8) is 0 Å². The third-order valence-corrected chi connectivity index (χ3v) is 5.07. The molecule has 0 aliphatic rings. The minimum absolute atomic E-state index is 0.341. The molecular formula is C25H29N3O4. The molecule has 3 rings (SSSR count). The Labute approximate surface area is 188 Å². The van der Waals surface area contributed by atoms with Gasteiger partial charge in [-0.15, -0.1) is 0 Å². The van der Waals surface area contributed by atoms with E-state index in [1.165, 1.54) is 0 Å². The van der Waals surface area contributed by atoms with Gasteiger partial charge in [-0.1, -0.05) is 35.5 Å². The van der Waals surface area contributed by atoms with Gasteiger partial charge in [-0.05, 0) is 63.1 Å². The standard InChI is InChI=1S/C25H29N3O4/c1-4-32-27-19(3)24(25(29)30)17-20-10-12-23(13-11-20)31-15-14-21-16-18(2)28(26-21)22-8-6-5-7-9-22/h5-13,16,24H,4,14-15,17H2,1-3H3,(H,29,30). The van der Waals surface area contributed by atoms with Gasteiger partial charge < -0.3 is 14.7 Å². The van der Waals surface area contributed by atoms with Crippen LogP contribution in [0.1, 0.15) is 30.8 Å². The highest BCUT2D eigenvalue weighted by Crippen LogP contribution is 2.18. The van der Waals surface area contributed by atoms with Gasteiger partial charge in [-0.25, -0.2) is 4.68 Å². The van der Waals surface area contributed by atoms with Crippen LogP contribution in [-0.4, -0.2) is 39.8 Å². The first kappa shape index (κ1) is 23.1. The van der Waals surface area contributed by atoms with E-state index in [4.69, 9.17) is 9.57 Å². The molecule has 0 saturated carbocycles. The van der Waals surface area contributed by atoms with Crippen LogP contribution in [0.5, 0.6) is 5.75 Å². The zero-order chi connectivity index (χ0) is 22.9. The van der Waals surface area contributed by atoms with E-state index in [-0.39, 0.29) is 0 Å². The van der Waals surface area contributed by atoms with Crippen molar-refractivity contribution >= 4 is 11.7 Å². The Balaban J connectivity index is 1.55. The van der Waals surface area contributed by atoms with Gasteiger partial charge in [0, 0.05) is 12.1 Å². The van der Waals surface area contributed by atoms with Crippen molar-refractivity contribution in [2.24, 2.45) is 11.1 Å². The largest absolute Gasteiger partial charge is 0.493 e. The molecule has 0 fully saturated rings. The molecule has 0 saturated heterocycles. The number of oxime groups is 1. The lowest BCUT2D eigenvalue weighted by atomic mass is 9.95. The summed E-state index contributed by atoms with van der Waals surface area (Å²) in [5.41, 5.74) is 4.43. The van der Waals surface area contributed by atoms with Crippen LogP contribution in [0.2, 0.25) is 0 Å². The maximum Gasteiger partial charge on any atom is 0.312 e. The van der Waals surface area contributed by atoms with Gasteiger partial charge >= 0.3 is 5.97 Å². The number of rotatable bonds is 11. The zero-order valence-electron chi connectivity index (χ0n) is 18.7. The Morgan fingerprint density at radius 3 is 2.53 bits per heavy atom. The van der Waals surface area contributed by atoms with Gasteiger partial charge in [0.15, 0.2) is 0 Å². The van der Waals surface area contributed by atoms with E-state index >= 15 is 0 Å². The molecular weight excluding hydrogens is 406 g/mol. The van der Waals surface area contributed by atoms with Gasteiger partial charge in [0.05, 0.1) is 23.7 Å². The predicted molar refractivity (Wildman–Crippen MR) is 124 cm³/mol. The molecule has 1 heterocycles. The van der Waals surface area contributed by atoms with E-state index in [1.807, 2.05) is 66.2 Å². The molecule has 1 N–H and O–H groups in total. The normalized spacial score (nSPS) is 12.4. The average Bonchev–Trinajstić information content (AvgIpc) is 3.17. The Hall–Kier alpha value is -3.61. The quantitative estimate of drug-likeness (QED) is 0.355. The number of benzene rings is 2. The van der Waals surface area contributed by atoms with E-state index in [0.29, 0.717) is 31.8 Å². The first-order valence-corrected chi connectivity index (χ1v) is 10.7. The summed E-state index contributed by atoms with van der Waals surface area (Å²) in [5.74, 6) is -0.910. The number of hydrogen-bond donors (Lipinski definition) is 1. The van der Waals surface area contributed by atoms with Crippen molar-refractivity contribution in [1.82, 2.24) is 9.78 Å². The summed E-state index contributed by atoms with van der Waals surface area (Å²) in [5, 5.41) is 18.1. The van der Waals surface area contributed by atoms with Crippen molar-refractivity contribution in [3.8, 4) is 11.4 Å². The number of carboxylic acids is 1. The molecule has 0 spiro atoms. The molecule has 0 amide bonds. The molecule has 0 bridgehead atoms. The minimum atomic E-state index is -0.920. The average molecular weight is 436 g/mol. The highest BCUT2D eigenvalue weighted by Gasteiger charge is 2.22. The van der Waals surface area contributed by atoms with Crippen LogP contribution in [0.15, 0.2) is 65.8 Å². The van der Waals surface area contributed by atoms with Crippen LogP contribution in [0, 0.1) is 12.8 Å². The van der Waals surface area contributed by atoms with Gasteiger partial charge in [0.25, 0.3) is 0 Å². The molecule has 0 radical (unpaired) electrons. The number of aryl methyl sites for hydroxylation is 1. The fraction of sp³-hybridized carbons (Fsp3) is 0.320. The number of aromatic nitrogens is 2. The SMILES string of the molecule is CCON=C(C)C(Cc1ccc(OCCc2cc(C)n(-c3ccccc3)n2)cc1)C(=O)O. The summed E-state index contributed by atoms with van der Waals surface area (Å²) in [6.07, 6.45) is 1.03. The fourth-order valence-corrected chi connectivity index (χ4v) is 3.37. The topological polar surface area (TPSA) is 85.9 Å². The monoisotopic (exact) mass is 435 g/mol. The van der Waals surface area contributed by atoms with Crippen molar-refractivity contribution in [2.75, 3.05) is 13.2 Å². The second kappa shape index (κ2) is 11.1. The van der Waals surface area contributed by atoms with E-state index in [2.05, 4.69) is 16.3 Å². The van der Waals surface area contributed by atoms with Gasteiger partial charge in [-0.3, -0.25) is 4.79 Å². The molecule has 1 unspecified atom stereocenters. The van der Waals surface area contributed by atoms with Crippen LogP contribution >= 0.6 is 0 Å². The lowest BCUT2D eigenvalue weighted by Gasteiger charge is -2.12. The maximum atomic E-state index is 11.6. The summed E-state index contributed by atoms with van der Waals surface area (Å²) in [7, 11) is 0. The molecule has 32 heavy (non-hydrogen) atoms. The molecule has 7 heteroatoms. The molecule has 0 aliphatic carbocycles. The number of carboxylic acid groups (broad SMARTS) is 1. The highest BCUT2D eigenvalue weighted by molar-refractivity contribution is 6.00. The van der Waals surface area contributed by atoms with Crippen molar-refractivity contribution in [1.29, 1.82) is 0 Å². The minimum Gasteiger partial charge on any atom is -0.493 e. The Bertz CT molecular complexity index is 1040. The number of aliphatic carboxylic acids is 1. The molecule has 0 aliphatic heterocycles. The molecule has 7 nitrogen and oxygen atoms in total. The van der Waals surface area contributed by atoms with E-state index in [9.17, 15) is 9.90 Å². The first-order valence-electron chi connectivity index (χ1n) is 10.7. The van der Waals surface area contributed by atoms with Crippen LogP contribution in [0.3, 0.4) is 0 Å². The third-order valence-electron chi connectivity index (χ3n) is 5.07. The third kappa shape index (κ3) is 6.20. The Morgan fingerprint density at radius 2 is 1.88 bits per heavy atom. The van der Waals surface area contributed by atoms with Gasteiger partial charge in [0.2, 0.25) is 0 Å². The fourth-order valence-electron chi connectivity index (χ4n) is 3.37. The van der Waals surface area contributed by atoms with Crippen molar-refractivity contribution < 1.29 is 19.5 Å². The summed E-state index contributed by atoms with van der Waals surface area (Å²) < 4.78 is 7.79. The molecule has 1 atom stereocenters. The lowest BCUT2D eigenvalue weighted by Crippen LogP contribution is -2.24. The molecule has 3 aromatic rings. The van der Waals surface area contributed by atoms with Crippen LogP contribution in [0.25, 0.3) is 5.69 Å². The lowest BCUT2D eigenvalue weighted by molar-refractivity contribution is -0.139.